The molecule has 0 spiro atoms. The molecule has 1 rings (SSSR count). The Balaban J connectivity index is 2.57. The topological polar surface area (TPSA) is 67.2 Å². The molecule has 0 aromatic carbocycles. The zero-order valence-electron chi connectivity index (χ0n) is 8.40. The first-order valence-electron chi connectivity index (χ1n) is 4.69. The Morgan fingerprint density at radius 1 is 1.36 bits per heavy atom. The van der Waals surface area contributed by atoms with Crippen molar-refractivity contribution < 1.29 is 17.1 Å². The Bertz CT molecular complexity index is 294. The predicted molar refractivity (Wildman–Crippen MR) is 53.4 cm³/mol. The van der Waals surface area contributed by atoms with Crippen molar-refractivity contribution in [2.24, 2.45) is 0 Å². The van der Waals surface area contributed by atoms with Gasteiger partial charge < -0.3 is 0 Å². The van der Waals surface area contributed by atoms with Gasteiger partial charge in [-0.1, -0.05) is 0 Å². The SMILES string of the molecule is CS(=O)(=O)OC[N+]1(C=N)CCCCC1. The molecule has 5 nitrogen and oxygen atoms in total. The molecule has 1 N–H and O–H groups in total. The summed E-state index contributed by atoms with van der Waals surface area (Å²) in [7, 11) is -3.39. The molecule has 0 bridgehead atoms. The molecule has 82 valence electrons. The summed E-state index contributed by atoms with van der Waals surface area (Å²) in [6.07, 6.45) is 5.56. The molecule has 0 atom stereocenters. The highest BCUT2D eigenvalue weighted by atomic mass is 32.2. The van der Waals surface area contributed by atoms with Crippen molar-refractivity contribution in [3.63, 3.8) is 0 Å². The van der Waals surface area contributed by atoms with Crippen LogP contribution in [0.1, 0.15) is 19.3 Å². The van der Waals surface area contributed by atoms with E-state index in [-0.39, 0.29) is 6.73 Å². The Hall–Kier alpha value is -0.460. The molecule has 0 unspecified atom stereocenters. The minimum Gasteiger partial charge on any atom is -0.258 e. The van der Waals surface area contributed by atoms with Gasteiger partial charge >= 0.3 is 0 Å². The summed E-state index contributed by atoms with van der Waals surface area (Å²) in [5, 5.41) is 7.33. The molecule has 0 radical (unpaired) electrons. The van der Waals surface area contributed by atoms with Crippen LogP contribution in [0.25, 0.3) is 0 Å². The molecule has 1 heterocycles. The molecule has 6 heteroatoms. The maximum atomic E-state index is 10.8. The molecule has 1 fully saturated rings. The summed E-state index contributed by atoms with van der Waals surface area (Å²) < 4.78 is 26.7. The molecule has 0 amide bonds. The number of nitrogens with one attached hydrogen (secondary N) is 1. The quantitative estimate of drug-likeness (QED) is 0.326. The molecule has 1 saturated heterocycles. The number of hydrogen-bond donors (Lipinski definition) is 1. The van der Waals surface area contributed by atoms with Crippen LogP contribution in [0.15, 0.2) is 0 Å². The van der Waals surface area contributed by atoms with Crippen LogP contribution in [0.3, 0.4) is 0 Å². The lowest BCUT2D eigenvalue weighted by Gasteiger charge is -2.35. The minimum absolute atomic E-state index is 0.0718. The van der Waals surface area contributed by atoms with E-state index in [2.05, 4.69) is 0 Å². The fourth-order valence-electron chi connectivity index (χ4n) is 1.64. The van der Waals surface area contributed by atoms with E-state index in [0.717, 1.165) is 38.6 Å². The van der Waals surface area contributed by atoms with Crippen LogP contribution in [0.5, 0.6) is 0 Å². The van der Waals surface area contributed by atoms with Crippen LogP contribution in [0.2, 0.25) is 0 Å². The van der Waals surface area contributed by atoms with Gasteiger partial charge in [0.15, 0.2) is 6.34 Å². The fraction of sp³-hybridized carbons (Fsp3) is 0.875. The van der Waals surface area contributed by atoms with E-state index in [1.165, 1.54) is 6.34 Å². The first-order chi connectivity index (χ1) is 6.47. The first kappa shape index (κ1) is 11.6. The molecule has 0 aromatic heterocycles. The van der Waals surface area contributed by atoms with E-state index in [1.807, 2.05) is 0 Å². The Morgan fingerprint density at radius 2 is 1.93 bits per heavy atom. The average Bonchev–Trinajstić information content (AvgIpc) is 2.15. The van der Waals surface area contributed by atoms with Crippen LogP contribution >= 0.6 is 0 Å². The van der Waals surface area contributed by atoms with Crippen LogP contribution in [-0.4, -0.2) is 45.3 Å². The Labute approximate surface area is 84.9 Å². The van der Waals surface area contributed by atoms with Crippen molar-refractivity contribution in [3.05, 3.63) is 0 Å². The van der Waals surface area contributed by atoms with E-state index >= 15 is 0 Å². The van der Waals surface area contributed by atoms with Crippen molar-refractivity contribution in [2.75, 3.05) is 26.1 Å². The molecule has 0 saturated carbocycles. The molecule has 1 aliphatic heterocycles. The van der Waals surface area contributed by atoms with Gasteiger partial charge in [0.2, 0.25) is 6.73 Å². The lowest BCUT2D eigenvalue weighted by atomic mass is 10.1. The number of likely N-dealkylation sites (tertiary alicyclic amines) is 1. The van der Waals surface area contributed by atoms with Crippen LogP contribution in [0.4, 0.5) is 0 Å². The van der Waals surface area contributed by atoms with Gasteiger partial charge in [-0.15, -0.1) is 0 Å². The summed E-state index contributed by atoms with van der Waals surface area (Å²) in [4.78, 5) is 0. The zero-order valence-corrected chi connectivity index (χ0v) is 9.22. The maximum Gasteiger partial charge on any atom is 0.268 e. The number of hydrogen-bond acceptors (Lipinski definition) is 4. The summed E-state index contributed by atoms with van der Waals surface area (Å²) in [5.41, 5.74) is 0. The number of quaternary nitrogens is 1. The minimum atomic E-state index is -3.39. The molecular formula is C8H17N2O3S+. The molecule has 0 aliphatic carbocycles. The van der Waals surface area contributed by atoms with Crippen molar-refractivity contribution in [3.8, 4) is 0 Å². The van der Waals surface area contributed by atoms with E-state index in [9.17, 15) is 8.42 Å². The van der Waals surface area contributed by atoms with Crippen LogP contribution in [0, 0.1) is 5.41 Å². The van der Waals surface area contributed by atoms with E-state index in [1.54, 1.807) is 0 Å². The van der Waals surface area contributed by atoms with Gasteiger partial charge in [-0.05, 0) is 19.3 Å². The van der Waals surface area contributed by atoms with Crippen LogP contribution in [-0.2, 0) is 14.3 Å². The van der Waals surface area contributed by atoms with Gasteiger partial charge in [0, 0.05) is 0 Å². The first-order valence-corrected chi connectivity index (χ1v) is 6.51. The van der Waals surface area contributed by atoms with E-state index in [4.69, 9.17) is 9.59 Å². The largest absolute Gasteiger partial charge is 0.268 e. The zero-order chi connectivity index (χ0) is 10.7. The maximum absolute atomic E-state index is 10.8. The number of nitrogens with zero attached hydrogens (tertiary/aromatic N) is 1. The second kappa shape index (κ2) is 4.37. The lowest BCUT2D eigenvalue weighted by Crippen LogP contribution is -2.51. The standard InChI is InChI=1S/C8H17N2O3S/c1-14(11,12)13-8-10(7-9)5-3-2-4-6-10/h7,9H,2-6,8H2,1H3/q+1. The van der Waals surface area contributed by atoms with E-state index in [0.29, 0.717) is 4.48 Å². The summed E-state index contributed by atoms with van der Waals surface area (Å²) in [5.74, 6) is 0. The van der Waals surface area contributed by atoms with Crippen molar-refractivity contribution in [1.29, 1.82) is 5.41 Å². The summed E-state index contributed by atoms with van der Waals surface area (Å²) in [6, 6.07) is 0. The second-order valence-electron chi connectivity index (χ2n) is 3.81. The molecule has 0 aromatic rings. The normalized spacial score (nSPS) is 21.8. The van der Waals surface area contributed by atoms with Crippen molar-refractivity contribution in [1.82, 2.24) is 0 Å². The van der Waals surface area contributed by atoms with Gasteiger partial charge in [-0.2, -0.15) is 8.42 Å². The molecular weight excluding hydrogens is 204 g/mol. The second-order valence-corrected chi connectivity index (χ2v) is 5.45. The fourth-order valence-corrected chi connectivity index (χ4v) is 2.04. The number of rotatable bonds is 4. The highest BCUT2D eigenvalue weighted by Gasteiger charge is 2.29. The van der Waals surface area contributed by atoms with Crippen molar-refractivity contribution in [2.45, 2.75) is 19.3 Å². The number of piperidine rings is 1. The summed E-state index contributed by atoms with van der Waals surface area (Å²) >= 11 is 0. The van der Waals surface area contributed by atoms with Gasteiger partial charge in [-0.25, -0.2) is 4.18 Å². The van der Waals surface area contributed by atoms with Gasteiger partial charge in [-0.3, -0.25) is 9.89 Å². The monoisotopic (exact) mass is 221 g/mol. The highest BCUT2D eigenvalue weighted by Crippen LogP contribution is 2.16. The van der Waals surface area contributed by atoms with Gasteiger partial charge in [0.05, 0.1) is 19.3 Å². The third-order valence-corrected chi connectivity index (χ3v) is 3.04. The van der Waals surface area contributed by atoms with Gasteiger partial charge in [0.25, 0.3) is 10.1 Å². The predicted octanol–water partition coefficient (Wildman–Crippen LogP) is 0.528. The third kappa shape index (κ3) is 3.36. The van der Waals surface area contributed by atoms with Crippen LogP contribution < -0.4 is 0 Å². The molecule has 14 heavy (non-hydrogen) atoms. The third-order valence-electron chi connectivity index (χ3n) is 2.50. The Morgan fingerprint density at radius 3 is 2.36 bits per heavy atom. The Kier molecular flexibility index (Phi) is 3.63. The average molecular weight is 221 g/mol. The highest BCUT2D eigenvalue weighted by molar-refractivity contribution is 7.85. The van der Waals surface area contributed by atoms with Gasteiger partial charge in [0.1, 0.15) is 0 Å². The smallest absolute Gasteiger partial charge is 0.258 e. The van der Waals surface area contributed by atoms with Crippen molar-refractivity contribution >= 4 is 16.5 Å². The lowest BCUT2D eigenvalue weighted by molar-refractivity contribution is -0.857. The molecule has 1 aliphatic rings. The van der Waals surface area contributed by atoms with E-state index < -0.39 is 10.1 Å². The summed E-state index contributed by atoms with van der Waals surface area (Å²) in [6.45, 7) is 1.68.